The van der Waals surface area contributed by atoms with Gasteiger partial charge in [-0.3, -0.25) is 0 Å². The maximum atomic E-state index is 5.09. The van der Waals surface area contributed by atoms with E-state index in [-0.39, 0.29) is 0 Å². The largest absolute Gasteiger partial charge is 0.309 e. The number of hydrogen-bond acceptors (Lipinski definition) is 3. The average molecular weight is 716 g/mol. The molecule has 5 heteroatoms. The lowest BCUT2D eigenvalue weighted by molar-refractivity contribution is 1.07. The van der Waals surface area contributed by atoms with Crippen LogP contribution in [0.1, 0.15) is 0 Å². The van der Waals surface area contributed by atoms with Crippen LogP contribution >= 0.6 is 0 Å². The molecule has 0 unspecified atom stereocenters. The Hall–Kier alpha value is -7.63. The minimum Gasteiger partial charge on any atom is -0.309 e. The average Bonchev–Trinajstić information content (AvgIpc) is 3.80. The van der Waals surface area contributed by atoms with Gasteiger partial charge < -0.3 is 9.13 Å². The minimum atomic E-state index is 0.623. The van der Waals surface area contributed by atoms with Crippen LogP contribution in [0.3, 0.4) is 0 Å². The molecule has 56 heavy (non-hydrogen) atoms. The predicted molar refractivity (Wildman–Crippen MR) is 230 cm³/mol. The van der Waals surface area contributed by atoms with E-state index in [0.29, 0.717) is 17.5 Å². The molecular weight excluding hydrogens is 683 g/mol. The molecule has 262 valence electrons. The van der Waals surface area contributed by atoms with Crippen LogP contribution in [0.15, 0.2) is 200 Å². The molecule has 0 aliphatic heterocycles. The van der Waals surface area contributed by atoms with Crippen LogP contribution in [0.2, 0.25) is 0 Å². The highest BCUT2D eigenvalue weighted by atomic mass is 15.0. The summed E-state index contributed by atoms with van der Waals surface area (Å²) in [5.74, 6) is 1.90. The highest BCUT2D eigenvalue weighted by molar-refractivity contribution is 6.26. The fraction of sp³-hybridized carbons (Fsp3) is 0. The molecule has 0 aliphatic carbocycles. The van der Waals surface area contributed by atoms with Crippen molar-refractivity contribution in [2.45, 2.75) is 0 Å². The van der Waals surface area contributed by atoms with Crippen molar-refractivity contribution in [3.63, 3.8) is 0 Å². The normalized spacial score (nSPS) is 11.6. The van der Waals surface area contributed by atoms with Gasteiger partial charge in [-0.1, -0.05) is 152 Å². The first-order valence-corrected chi connectivity index (χ1v) is 18.9. The Labute approximate surface area is 323 Å². The minimum absolute atomic E-state index is 0.623. The molecule has 0 atom stereocenters. The van der Waals surface area contributed by atoms with E-state index in [1.807, 2.05) is 60.7 Å². The first kappa shape index (κ1) is 31.9. The van der Waals surface area contributed by atoms with Gasteiger partial charge in [-0.2, -0.15) is 0 Å². The summed E-state index contributed by atoms with van der Waals surface area (Å²) in [5, 5.41) is 4.89. The smallest absolute Gasteiger partial charge is 0.164 e. The van der Waals surface area contributed by atoms with Crippen LogP contribution in [-0.2, 0) is 0 Å². The SMILES string of the molecule is c1ccc(-c2nc(-c3ccccc3)nc(-c3ccc(-n4c5ccccc5c5c4ccc4c6ccccc6n(-c6ccccc6)c45)c(-c4ccccc4)c3)n2)cc1. The fourth-order valence-corrected chi connectivity index (χ4v) is 8.27. The number of para-hydroxylation sites is 3. The summed E-state index contributed by atoms with van der Waals surface area (Å²) in [5.41, 5.74) is 11.9. The third-order valence-corrected chi connectivity index (χ3v) is 10.8. The molecular formula is C51H33N5. The van der Waals surface area contributed by atoms with Gasteiger partial charge in [0.1, 0.15) is 0 Å². The first-order chi connectivity index (χ1) is 27.8. The van der Waals surface area contributed by atoms with Gasteiger partial charge in [0.25, 0.3) is 0 Å². The molecule has 8 aromatic carbocycles. The Balaban J connectivity index is 1.20. The van der Waals surface area contributed by atoms with E-state index in [1.54, 1.807) is 0 Å². The van der Waals surface area contributed by atoms with E-state index in [2.05, 4.69) is 149 Å². The molecule has 11 aromatic rings. The first-order valence-electron chi connectivity index (χ1n) is 18.9. The molecule has 0 fully saturated rings. The number of rotatable bonds is 6. The zero-order valence-electron chi connectivity index (χ0n) is 30.3. The van der Waals surface area contributed by atoms with E-state index in [4.69, 9.17) is 15.0 Å². The van der Waals surface area contributed by atoms with Gasteiger partial charge in [-0.05, 0) is 54.1 Å². The lowest BCUT2D eigenvalue weighted by atomic mass is 10.00. The molecule has 3 heterocycles. The summed E-state index contributed by atoms with van der Waals surface area (Å²) < 4.78 is 4.86. The molecule has 0 bridgehead atoms. The molecule has 3 aromatic heterocycles. The molecule has 0 saturated carbocycles. The van der Waals surface area contributed by atoms with Gasteiger partial charge in [0.05, 0.1) is 27.8 Å². The van der Waals surface area contributed by atoms with E-state index >= 15 is 0 Å². The zero-order chi connectivity index (χ0) is 37.0. The standard InChI is InChI=1S/C51H33N5/c1-5-17-34(18-6-1)42-33-37(51-53-49(35-19-7-2-8-20-35)52-50(54-51)36-21-9-3-10-22-36)29-31-45(42)56-44-28-16-14-26-41(44)47-46(56)32-30-40-39-25-13-15-27-43(39)55(48(40)47)38-23-11-4-12-24-38/h1-33H. The third kappa shape index (κ3) is 5.13. The second-order valence-electron chi connectivity index (χ2n) is 14.0. The van der Waals surface area contributed by atoms with Crippen LogP contribution < -0.4 is 0 Å². The maximum absolute atomic E-state index is 5.09. The molecule has 0 saturated heterocycles. The molecule has 0 radical (unpaired) electrons. The molecule has 5 nitrogen and oxygen atoms in total. The predicted octanol–water partition coefficient (Wildman–Crippen LogP) is 12.7. The Morgan fingerprint density at radius 3 is 1.45 bits per heavy atom. The Kier molecular flexibility index (Phi) is 7.42. The van der Waals surface area contributed by atoms with Gasteiger partial charge in [0.2, 0.25) is 0 Å². The summed E-state index contributed by atoms with van der Waals surface area (Å²) in [4.78, 5) is 15.1. The topological polar surface area (TPSA) is 48.5 Å². The van der Waals surface area contributed by atoms with E-state index in [0.717, 1.165) is 50.2 Å². The van der Waals surface area contributed by atoms with Crippen molar-refractivity contribution >= 4 is 43.6 Å². The summed E-state index contributed by atoms with van der Waals surface area (Å²) >= 11 is 0. The van der Waals surface area contributed by atoms with Crippen molar-refractivity contribution in [1.82, 2.24) is 24.1 Å². The van der Waals surface area contributed by atoms with Crippen molar-refractivity contribution in [2.24, 2.45) is 0 Å². The van der Waals surface area contributed by atoms with Gasteiger partial charge in [0.15, 0.2) is 17.5 Å². The molecule has 0 aliphatic rings. The fourth-order valence-electron chi connectivity index (χ4n) is 8.27. The van der Waals surface area contributed by atoms with Crippen molar-refractivity contribution in [2.75, 3.05) is 0 Å². The van der Waals surface area contributed by atoms with E-state index < -0.39 is 0 Å². The summed E-state index contributed by atoms with van der Waals surface area (Å²) in [7, 11) is 0. The highest BCUT2D eigenvalue weighted by Gasteiger charge is 2.23. The van der Waals surface area contributed by atoms with Crippen LogP contribution in [0, 0.1) is 0 Å². The Morgan fingerprint density at radius 2 is 0.821 bits per heavy atom. The monoisotopic (exact) mass is 715 g/mol. The second kappa shape index (κ2) is 13.0. The summed E-state index contributed by atoms with van der Waals surface area (Å²) in [6.07, 6.45) is 0. The summed E-state index contributed by atoms with van der Waals surface area (Å²) in [6, 6.07) is 70.3. The lowest BCUT2D eigenvalue weighted by Gasteiger charge is -2.16. The van der Waals surface area contributed by atoms with E-state index in [1.165, 1.54) is 32.6 Å². The molecule has 11 rings (SSSR count). The van der Waals surface area contributed by atoms with Gasteiger partial charge >= 0.3 is 0 Å². The van der Waals surface area contributed by atoms with Crippen molar-refractivity contribution in [3.8, 4) is 56.7 Å². The molecule has 0 amide bonds. The van der Waals surface area contributed by atoms with E-state index in [9.17, 15) is 0 Å². The van der Waals surface area contributed by atoms with Crippen LogP contribution in [0.25, 0.3) is 100 Å². The number of fused-ring (bicyclic) bond motifs is 7. The molecule has 0 N–H and O–H groups in total. The van der Waals surface area contributed by atoms with Crippen LogP contribution in [0.4, 0.5) is 0 Å². The Morgan fingerprint density at radius 1 is 0.321 bits per heavy atom. The molecule has 0 spiro atoms. The summed E-state index contributed by atoms with van der Waals surface area (Å²) in [6.45, 7) is 0. The Bertz CT molecular complexity index is 3160. The van der Waals surface area contributed by atoms with Gasteiger partial charge in [-0.15, -0.1) is 0 Å². The highest BCUT2D eigenvalue weighted by Crippen LogP contribution is 2.43. The lowest BCUT2D eigenvalue weighted by Crippen LogP contribution is -2.02. The van der Waals surface area contributed by atoms with Gasteiger partial charge in [-0.25, -0.2) is 15.0 Å². The number of benzene rings is 8. The van der Waals surface area contributed by atoms with Crippen LogP contribution in [-0.4, -0.2) is 24.1 Å². The maximum Gasteiger partial charge on any atom is 0.164 e. The van der Waals surface area contributed by atoms with Crippen molar-refractivity contribution in [3.05, 3.63) is 200 Å². The van der Waals surface area contributed by atoms with Gasteiger partial charge in [0, 0.05) is 49.5 Å². The number of hydrogen-bond donors (Lipinski definition) is 0. The third-order valence-electron chi connectivity index (χ3n) is 10.8. The van der Waals surface area contributed by atoms with Crippen molar-refractivity contribution in [1.29, 1.82) is 0 Å². The zero-order valence-corrected chi connectivity index (χ0v) is 30.3. The number of nitrogens with zero attached hydrogens (tertiary/aromatic N) is 5. The van der Waals surface area contributed by atoms with Crippen LogP contribution in [0.5, 0.6) is 0 Å². The number of aromatic nitrogens is 5. The second-order valence-corrected chi connectivity index (χ2v) is 14.0. The quantitative estimate of drug-likeness (QED) is 0.172. The van der Waals surface area contributed by atoms with Crippen molar-refractivity contribution < 1.29 is 0 Å².